The first-order valence-corrected chi connectivity index (χ1v) is 9.35. The van der Waals surface area contributed by atoms with Gasteiger partial charge in [-0.15, -0.1) is 0 Å². The lowest BCUT2D eigenvalue weighted by Gasteiger charge is -2.27. The molecular formula is C19H27N3O2. The maximum absolute atomic E-state index is 12.6. The Morgan fingerprint density at radius 1 is 1.17 bits per heavy atom. The van der Waals surface area contributed by atoms with Gasteiger partial charge in [0, 0.05) is 32.6 Å². The third-order valence-electron chi connectivity index (χ3n) is 5.39. The van der Waals surface area contributed by atoms with Crippen LogP contribution in [-0.2, 0) is 16.1 Å². The van der Waals surface area contributed by atoms with Crippen molar-refractivity contribution in [3.63, 3.8) is 0 Å². The lowest BCUT2D eigenvalue weighted by Crippen LogP contribution is -2.36. The highest BCUT2D eigenvalue weighted by Crippen LogP contribution is 2.36. The number of aromatic nitrogens is 1. The number of carbonyl (C=O) groups is 1. The molecule has 2 saturated heterocycles. The predicted molar refractivity (Wildman–Crippen MR) is 91.4 cm³/mol. The van der Waals surface area contributed by atoms with E-state index in [9.17, 15) is 4.79 Å². The SMILES string of the molecule is O=C(CC1CC1)N1CCC[C@H]1c1cccc(CN2CCOCC2)n1. The van der Waals surface area contributed by atoms with E-state index in [1.165, 1.54) is 12.8 Å². The van der Waals surface area contributed by atoms with Crippen LogP contribution in [0.4, 0.5) is 0 Å². The summed E-state index contributed by atoms with van der Waals surface area (Å²) in [6.07, 6.45) is 5.35. The Morgan fingerprint density at radius 3 is 2.79 bits per heavy atom. The van der Waals surface area contributed by atoms with Crippen LogP contribution in [0.2, 0.25) is 0 Å². The van der Waals surface area contributed by atoms with E-state index in [1.807, 2.05) is 0 Å². The van der Waals surface area contributed by atoms with Crippen LogP contribution in [0.25, 0.3) is 0 Å². The maximum atomic E-state index is 12.6. The van der Waals surface area contributed by atoms with E-state index >= 15 is 0 Å². The molecule has 5 heteroatoms. The normalized spacial score (nSPS) is 25.2. The van der Waals surface area contributed by atoms with Gasteiger partial charge in [0.15, 0.2) is 0 Å². The van der Waals surface area contributed by atoms with Gasteiger partial charge in [-0.3, -0.25) is 14.7 Å². The van der Waals surface area contributed by atoms with Gasteiger partial charge in [-0.05, 0) is 43.7 Å². The Morgan fingerprint density at radius 2 is 2.00 bits per heavy atom. The van der Waals surface area contributed by atoms with Crippen LogP contribution < -0.4 is 0 Å². The molecule has 1 saturated carbocycles. The van der Waals surface area contributed by atoms with Gasteiger partial charge in [-0.2, -0.15) is 0 Å². The number of hydrogen-bond acceptors (Lipinski definition) is 4. The monoisotopic (exact) mass is 329 g/mol. The molecule has 24 heavy (non-hydrogen) atoms. The quantitative estimate of drug-likeness (QED) is 0.832. The number of hydrogen-bond donors (Lipinski definition) is 0. The van der Waals surface area contributed by atoms with E-state index in [2.05, 4.69) is 28.0 Å². The topological polar surface area (TPSA) is 45.7 Å². The van der Waals surface area contributed by atoms with Gasteiger partial charge < -0.3 is 9.64 Å². The molecule has 0 N–H and O–H groups in total. The van der Waals surface area contributed by atoms with Crippen LogP contribution in [0.3, 0.4) is 0 Å². The minimum absolute atomic E-state index is 0.181. The molecule has 130 valence electrons. The number of amides is 1. The summed E-state index contributed by atoms with van der Waals surface area (Å²) in [6, 6.07) is 6.47. The molecule has 0 radical (unpaired) electrons. The van der Waals surface area contributed by atoms with Crippen molar-refractivity contribution in [2.45, 2.75) is 44.7 Å². The van der Waals surface area contributed by atoms with Crippen molar-refractivity contribution in [3.05, 3.63) is 29.6 Å². The molecule has 1 aromatic heterocycles. The average Bonchev–Trinajstić information content (AvgIpc) is 3.27. The van der Waals surface area contributed by atoms with Crippen molar-refractivity contribution in [2.24, 2.45) is 5.92 Å². The lowest BCUT2D eigenvalue weighted by molar-refractivity contribution is -0.132. The first-order valence-electron chi connectivity index (χ1n) is 9.35. The zero-order valence-corrected chi connectivity index (χ0v) is 14.3. The summed E-state index contributed by atoms with van der Waals surface area (Å²) in [5.74, 6) is 0.986. The Kier molecular flexibility index (Phi) is 4.81. The highest BCUT2D eigenvalue weighted by atomic mass is 16.5. The Labute approximate surface area is 144 Å². The molecule has 0 bridgehead atoms. The van der Waals surface area contributed by atoms with Gasteiger partial charge in [0.2, 0.25) is 5.91 Å². The van der Waals surface area contributed by atoms with E-state index in [0.717, 1.165) is 70.0 Å². The summed E-state index contributed by atoms with van der Waals surface area (Å²) < 4.78 is 5.41. The van der Waals surface area contributed by atoms with E-state index in [1.54, 1.807) is 0 Å². The maximum Gasteiger partial charge on any atom is 0.223 e. The van der Waals surface area contributed by atoms with Crippen LogP contribution in [-0.4, -0.2) is 53.5 Å². The number of carbonyl (C=O) groups excluding carboxylic acids is 1. The van der Waals surface area contributed by atoms with Gasteiger partial charge in [-0.25, -0.2) is 0 Å². The van der Waals surface area contributed by atoms with E-state index in [0.29, 0.717) is 11.8 Å². The first-order chi connectivity index (χ1) is 11.8. The molecule has 0 aromatic carbocycles. The van der Waals surface area contributed by atoms with Crippen molar-refractivity contribution in [1.29, 1.82) is 0 Å². The summed E-state index contributed by atoms with van der Waals surface area (Å²) in [4.78, 5) is 21.9. The molecule has 3 aliphatic rings. The second-order valence-electron chi connectivity index (χ2n) is 7.33. The standard InChI is InChI=1S/C19H27N3O2/c23-19(13-15-6-7-15)22-8-2-5-18(22)17-4-1-3-16(20-17)14-21-9-11-24-12-10-21/h1,3-4,15,18H,2,5-14H2/t18-/m0/s1. The van der Waals surface area contributed by atoms with Crippen LogP contribution in [0.1, 0.15) is 49.5 Å². The van der Waals surface area contributed by atoms with Crippen LogP contribution in [0.5, 0.6) is 0 Å². The Hall–Kier alpha value is -1.46. The third kappa shape index (κ3) is 3.78. The molecule has 0 spiro atoms. The predicted octanol–water partition coefficient (Wildman–Crippen LogP) is 2.38. The molecule has 1 amide bonds. The molecule has 0 unspecified atom stereocenters. The number of pyridine rings is 1. The van der Waals surface area contributed by atoms with Gasteiger partial charge in [0.05, 0.1) is 30.6 Å². The molecular weight excluding hydrogens is 302 g/mol. The van der Waals surface area contributed by atoms with Gasteiger partial charge in [-0.1, -0.05) is 6.07 Å². The van der Waals surface area contributed by atoms with Crippen LogP contribution >= 0.6 is 0 Å². The van der Waals surface area contributed by atoms with Crippen molar-refractivity contribution in [1.82, 2.24) is 14.8 Å². The number of morpholine rings is 1. The first kappa shape index (κ1) is 16.0. The number of likely N-dealkylation sites (tertiary alicyclic amines) is 1. The largest absolute Gasteiger partial charge is 0.379 e. The molecule has 4 rings (SSSR count). The highest BCUT2D eigenvalue weighted by Gasteiger charge is 2.34. The second-order valence-corrected chi connectivity index (χ2v) is 7.33. The summed E-state index contributed by atoms with van der Waals surface area (Å²) in [5.41, 5.74) is 2.18. The van der Waals surface area contributed by atoms with E-state index < -0.39 is 0 Å². The van der Waals surface area contributed by atoms with Crippen LogP contribution in [0.15, 0.2) is 18.2 Å². The van der Waals surface area contributed by atoms with Crippen LogP contribution in [0, 0.1) is 5.92 Å². The summed E-state index contributed by atoms with van der Waals surface area (Å²) in [5, 5.41) is 0. The van der Waals surface area contributed by atoms with Gasteiger partial charge in [0.25, 0.3) is 0 Å². The minimum atomic E-state index is 0.181. The lowest BCUT2D eigenvalue weighted by atomic mass is 10.1. The summed E-state index contributed by atoms with van der Waals surface area (Å²) in [6.45, 7) is 5.34. The van der Waals surface area contributed by atoms with Crippen molar-refractivity contribution < 1.29 is 9.53 Å². The smallest absolute Gasteiger partial charge is 0.223 e. The Bertz CT molecular complexity index is 582. The Balaban J connectivity index is 1.44. The molecule has 2 aliphatic heterocycles. The molecule has 1 aliphatic carbocycles. The molecule has 3 fully saturated rings. The molecule has 3 heterocycles. The molecule has 1 atom stereocenters. The summed E-state index contributed by atoms with van der Waals surface area (Å²) in [7, 11) is 0. The van der Waals surface area contributed by atoms with Crippen molar-refractivity contribution in [2.75, 3.05) is 32.8 Å². The number of nitrogens with zero attached hydrogens (tertiary/aromatic N) is 3. The average molecular weight is 329 g/mol. The fraction of sp³-hybridized carbons (Fsp3) is 0.684. The number of ether oxygens (including phenoxy) is 1. The van der Waals surface area contributed by atoms with Gasteiger partial charge >= 0.3 is 0 Å². The number of rotatable bonds is 5. The highest BCUT2D eigenvalue weighted by molar-refractivity contribution is 5.77. The van der Waals surface area contributed by atoms with E-state index in [-0.39, 0.29) is 6.04 Å². The van der Waals surface area contributed by atoms with Crippen molar-refractivity contribution in [3.8, 4) is 0 Å². The zero-order chi connectivity index (χ0) is 16.4. The fourth-order valence-corrected chi connectivity index (χ4v) is 3.82. The minimum Gasteiger partial charge on any atom is -0.379 e. The third-order valence-corrected chi connectivity index (χ3v) is 5.39. The fourth-order valence-electron chi connectivity index (χ4n) is 3.82. The zero-order valence-electron chi connectivity index (χ0n) is 14.3. The van der Waals surface area contributed by atoms with E-state index in [4.69, 9.17) is 9.72 Å². The molecule has 1 aromatic rings. The van der Waals surface area contributed by atoms with Crippen molar-refractivity contribution >= 4 is 5.91 Å². The molecule has 5 nitrogen and oxygen atoms in total. The van der Waals surface area contributed by atoms with Gasteiger partial charge in [0.1, 0.15) is 0 Å². The summed E-state index contributed by atoms with van der Waals surface area (Å²) >= 11 is 0. The second kappa shape index (κ2) is 7.19.